The highest BCUT2D eigenvalue weighted by atomic mass is 32.2. The van der Waals surface area contributed by atoms with Gasteiger partial charge >= 0.3 is 21.9 Å². The van der Waals surface area contributed by atoms with Gasteiger partial charge in [0.25, 0.3) is 0 Å². The van der Waals surface area contributed by atoms with Crippen LogP contribution in [0.25, 0.3) is 11.0 Å². The van der Waals surface area contributed by atoms with Crippen molar-refractivity contribution in [1.29, 1.82) is 0 Å². The summed E-state index contributed by atoms with van der Waals surface area (Å²) < 4.78 is 73.6. The first-order valence-electron chi connectivity index (χ1n) is 7.23. The highest BCUT2D eigenvalue weighted by molar-refractivity contribution is 7.87. The van der Waals surface area contributed by atoms with Crippen molar-refractivity contribution in [3.8, 4) is 5.75 Å². The minimum absolute atomic E-state index is 0.0619. The fourth-order valence-electron chi connectivity index (χ4n) is 2.45. The Hall–Kier alpha value is -2.81. The van der Waals surface area contributed by atoms with Gasteiger partial charge in [0.15, 0.2) is 0 Å². The zero-order valence-electron chi connectivity index (χ0n) is 13.2. The molecule has 0 radical (unpaired) electrons. The van der Waals surface area contributed by atoms with E-state index in [9.17, 15) is 26.4 Å². The normalized spacial score (nSPS) is 12.3. The van der Waals surface area contributed by atoms with Gasteiger partial charge in [-0.1, -0.05) is 12.1 Å². The van der Waals surface area contributed by atoms with E-state index >= 15 is 0 Å². The van der Waals surface area contributed by atoms with Crippen LogP contribution < -0.4 is 9.81 Å². The lowest BCUT2D eigenvalue weighted by Gasteiger charge is -2.13. The number of aryl methyl sites for hydroxylation is 1. The molecule has 5 nitrogen and oxygen atoms in total. The molecule has 0 fully saturated rings. The fourth-order valence-corrected chi connectivity index (χ4v) is 3.59. The summed E-state index contributed by atoms with van der Waals surface area (Å²) in [5.41, 5.74) is -1.31. The smallest absolute Gasteiger partial charge is 0.417 e. The minimum Gasteiger partial charge on any atom is -0.423 e. The van der Waals surface area contributed by atoms with Crippen LogP contribution in [0.4, 0.5) is 13.2 Å². The molecule has 0 saturated carbocycles. The van der Waals surface area contributed by atoms with Crippen molar-refractivity contribution in [2.24, 2.45) is 0 Å². The molecule has 0 bridgehead atoms. The third-order valence-corrected chi connectivity index (χ3v) is 4.90. The van der Waals surface area contributed by atoms with E-state index in [0.717, 1.165) is 24.3 Å². The summed E-state index contributed by atoms with van der Waals surface area (Å²) in [6.07, 6.45) is -4.86. The van der Waals surface area contributed by atoms with Gasteiger partial charge in [-0.15, -0.1) is 0 Å². The zero-order chi connectivity index (χ0) is 19.1. The Kier molecular flexibility index (Phi) is 4.27. The summed E-state index contributed by atoms with van der Waals surface area (Å²) in [5.74, 6) is -0.275. The predicted molar refractivity (Wildman–Crippen MR) is 86.5 cm³/mol. The standard InChI is InChI=1S/C17H11F3O5S/c1-10-8-16(21)24-14-9-11(6-7-12(10)14)25-26(22,23)15-5-3-2-4-13(15)17(18,19)20/h2-9H,1H3. The zero-order valence-corrected chi connectivity index (χ0v) is 14.0. The maximum atomic E-state index is 13.0. The summed E-state index contributed by atoms with van der Waals surface area (Å²) in [6, 6.07) is 8.82. The van der Waals surface area contributed by atoms with E-state index in [2.05, 4.69) is 0 Å². The van der Waals surface area contributed by atoms with Crippen molar-refractivity contribution in [1.82, 2.24) is 0 Å². The summed E-state index contributed by atoms with van der Waals surface area (Å²) >= 11 is 0. The second kappa shape index (κ2) is 6.17. The molecule has 0 N–H and O–H groups in total. The number of rotatable bonds is 3. The second-order valence-corrected chi connectivity index (χ2v) is 6.95. The monoisotopic (exact) mass is 384 g/mol. The predicted octanol–water partition coefficient (Wildman–Crippen LogP) is 3.89. The van der Waals surface area contributed by atoms with Crippen LogP contribution in [0.3, 0.4) is 0 Å². The van der Waals surface area contributed by atoms with Crippen molar-refractivity contribution < 1.29 is 30.2 Å². The van der Waals surface area contributed by atoms with Crippen LogP contribution >= 0.6 is 0 Å². The SMILES string of the molecule is Cc1cc(=O)oc2cc(OS(=O)(=O)c3ccccc3C(F)(F)F)ccc12. The average Bonchev–Trinajstić information content (AvgIpc) is 2.53. The van der Waals surface area contributed by atoms with Crippen LogP contribution in [0.2, 0.25) is 0 Å². The fraction of sp³-hybridized carbons (Fsp3) is 0.118. The van der Waals surface area contributed by atoms with E-state index in [1.54, 1.807) is 6.92 Å². The number of halogens is 3. The number of fused-ring (bicyclic) bond motifs is 1. The maximum absolute atomic E-state index is 13.0. The third kappa shape index (κ3) is 3.43. The van der Waals surface area contributed by atoms with E-state index < -0.39 is 32.4 Å². The molecule has 0 spiro atoms. The lowest BCUT2D eigenvalue weighted by atomic mass is 10.1. The van der Waals surface area contributed by atoms with Gasteiger partial charge in [0.1, 0.15) is 16.2 Å². The molecular weight excluding hydrogens is 373 g/mol. The quantitative estimate of drug-likeness (QED) is 0.506. The van der Waals surface area contributed by atoms with Gasteiger partial charge in [-0.25, -0.2) is 4.79 Å². The Labute approximate surface area is 145 Å². The molecule has 0 unspecified atom stereocenters. The first-order chi connectivity index (χ1) is 12.1. The average molecular weight is 384 g/mol. The molecule has 136 valence electrons. The molecule has 3 aromatic rings. The lowest BCUT2D eigenvalue weighted by Crippen LogP contribution is -2.17. The summed E-state index contributed by atoms with van der Waals surface area (Å²) in [5, 5.41) is 0.546. The van der Waals surface area contributed by atoms with Crippen molar-refractivity contribution in [3.05, 3.63) is 70.1 Å². The van der Waals surface area contributed by atoms with E-state index in [1.807, 2.05) is 0 Å². The van der Waals surface area contributed by atoms with Crippen molar-refractivity contribution >= 4 is 21.1 Å². The number of hydrogen-bond acceptors (Lipinski definition) is 5. The molecule has 0 aliphatic rings. The van der Waals surface area contributed by atoms with E-state index in [0.29, 0.717) is 17.0 Å². The molecule has 0 atom stereocenters. The van der Waals surface area contributed by atoms with Gasteiger partial charge in [-0.2, -0.15) is 21.6 Å². The number of benzene rings is 2. The Bertz CT molecular complexity index is 1150. The molecule has 1 heterocycles. The molecule has 3 rings (SSSR count). The first kappa shape index (κ1) is 18.0. The Balaban J connectivity index is 2.06. The Morgan fingerprint density at radius 2 is 1.73 bits per heavy atom. The molecule has 0 aliphatic heterocycles. The highest BCUT2D eigenvalue weighted by Crippen LogP contribution is 2.35. The van der Waals surface area contributed by atoms with E-state index in [1.165, 1.54) is 18.2 Å². The van der Waals surface area contributed by atoms with Crippen molar-refractivity contribution in [3.63, 3.8) is 0 Å². The number of alkyl halides is 3. The molecular formula is C17H11F3O5S. The van der Waals surface area contributed by atoms with Gasteiger partial charge in [0.05, 0.1) is 5.56 Å². The Morgan fingerprint density at radius 1 is 1.04 bits per heavy atom. The topological polar surface area (TPSA) is 73.6 Å². The van der Waals surface area contributed by atoms with Crippen molar-refractivity contribution in [2.45, 2.75) is 18.0 Å². The molecule has 9 heteroatoms. The van der Waals surface area contributed by atoms with Crippen LogP contribution in [-0.2, 0) is 16.3 Å². The highest BCUT2D eigenvalue weighted by Gasteiger charge is 2.37. The molecule has 0 amide bonds. The first-order valence-corrected chi connectivity index (χ1v) is 8.64. The molecule has 0 aliphatic carbocycles. The lowest BCUT2D eigenvalue weighted by molar-refractivity contribution is -0.139. The second-order valence-electron chi connectivity index (χ2n) is 5.44. The number of hydrogen-bond donors (Lipinski definition) is 0. The van der Waals surface area contributed by atoms with Crippen LogP contribution in [-0.4, -0.2) is 8.42 Å². The van der Waals surface area contributed by atoms with Gasteiger partial charge in [0, 0.05) is 17.5 Å². The van der Waals surface area contributed by atoms with E-state index in [-0.39, 0.29) is 11.3 Å². The van der Waals surface area contributed by atoms with Crippen molar-refractivity contribution in [2.75, 3.05) is 0 Å². The van der Waals surface area contributed by atoms with Crippen LogP contribution in [0.15, 0.2) is 62.6 Å². The van der Waals surface area contributed by atoms with E-state index in [4.69, 9.17) is 8.60 Å². The summed E-state index contributed by atoms with van der Waals surface area (Å²) in [4.78, 5) is 10.4. The largest absolute Gasteiger partial charge is 0.423 e. The molecule has 1 aromatic heterocycles. The molecule has 0 saturated heterocycles. The van der Waals surface area contributed by atoms with Gasteiger partial charge in [0.2, 0.25) is 0 Å². The third-order valence-electron chi connectivity index (χ3n) is 3.59. The maximum Gasteiger partial charge on any atom is 0.417 e. The Morgan fingerprint density at radius 3 is 2.42 bits per heavy atom. The minimum atomic E-state index is -4.86. The van der Waals surface area contributed by atoms with Crippen LogP contribution in [0.1, 0.15) is 11.1 Å². The summed E-state index contributed by atoms with van der Waals surface area (Å²) in [7, 11) is -4.76. The van der Waals surface area contributed by atoms with Gasteiger partial charge in [-0.3, -0.25) is 0 Å². The summed E-state index contributed by atoms with van der Waals surface area (Å²) in [6.45, 7) is 1.66. The van der Waals surface area contributed by atoms with Gasteiger partial charge in [-0.05, 0) is 36.8 Å². The molecule has 26 heavy (non-hydrogen) atoms. The van der Waals surface area contributed by atoms with Gasteiger partial charge < -0.3 is 8.60 Å². The molecule has 2 aromatic carbocycles. The van der Waals surface area contributed by atoms with Crippen LogP contribution in [0.5, 0.6) is 5.75 Å². The van der Waals surface area contributed by atoms with Crippen LogP contribution in [0, 0.1) is 6.92 Å².